The second-order valence-electron chi connectivity index (χ2n) is 6.83. The molecule has 0 spiro atoms. The molecule has 0 aromatic rings. The van der Waals surface area contributed by atoms with Crippen molar-refractivity contribution in [2.75, 3.05) is 0 Å². The Hall–Kier alpha value is -1.32. The zero-order chi connectivity index (χ0) is 18.9. The van der Waals surface area contributed by atoms with Crippen LogP contribution >= 0.6 is 0 Å². The molecule has 4 nitrogen and oxygen atoms in total. The topological polar surface area (TPSA) is 52.6 Å². The Morgan fingerprint density at radius 3 is 1.92 bits per heavy atom. The van der Waals surface area contributed by atoms with Crippen molar-refractivity contribution in [3.05, 3.63) is 12.2 Å². The molecular weight excluding hydrogens is 316 g/mol. The number of hydrogen-bond acceptors (Lipinski definition) is 4. The van der Waals surface area contributed by atoms with Crippen LogP contribution in [-0.2, 0) is 19.1 Å². The molecule has 0 fully saturated rings. The molecule has 146 valence electrons. The number of allylic oxidation sites excluding steroid dienone is 2. The van der Waals surface area contributed by atoms with Crippen molar-refractivity contribution in [3.8, 4) is 0 Å². The molecule has 0 aromatic carbocycles. The summed E-state index contributed by atoms with van der Waals surface area (Å²) in [6.07, 6.45) is 16.6. The van der Waals surface area contributed by atoms with Crippen LogP contribution in [0.25, 0.3) is 0 Å². The maximum absolute atomic E-state index is 11.0. The van der Waals surface area contributed by atoms with E-state index in [0.29, 0.717) is 0 Å². The highest BCUT2D eigenvalue weighted by atomic mass is 16.5. The predicted molar refractivity (Wildman–Crippen MR) is 102 cm³/mol. The summed E-state index contributed by atoms with van der Waals surface area (Å²) in [5.41, 5.74) is 0. The summed E-state index contributed by atoms with van der Waals surface area (Å²) in [5, 5.41) is 0. The lowest BCUT2D eigenvalue weighted by atomic mass is 10.1. The van der Waals surface area contributed by atoms with Crippen molar-refractivity contribution in [2.24, 2.45) is 0 Å². The highest BCUT2D eigenvalue weighted by molar-refractivity contribution is 5.66. The SMILES string of the molecule is CCCC(CCCCC/C=C\CCCCC(C)OC(C)=O)OC(C)=O. The molecule has 0 rings (SSSR count). The molecule has 25 heavy (non-hydrogen) atoms. The number of esters is 2. The lowest BCUT2D eigenvalue weighted by molar-refractivity contribution is -0.147. The summed E-state index contributed by atoms with van der Waals surface area (Å²) in [6.45, 7) is 7.02. The zero-order valence-corrected chi connectivity index (χ0v) is 16.7. The third-order valence-corrected chi connectivity index (χ3v) is 4.11. The Kier molecular flexibility index (Phi) is 15.3. The summed E-state index contributed by atoms with van der Waals surface area (Å²) < 4.78 is 10.4. The zero-order valence-electron chi connectivity index (χ0n) is 16.7. The number of carbonyl (C=O) groups excluding carboxylic acids is 2. The molecule has 0 amide bonds. The van der Waals surface area contributed by atoms with E-state index in [-0.39, 0.29) is 24.1 Å². The van der Waals surface area contributed by atoms with Crippen LogP contribution in [0.5, 0.6) is 0 Å². The van der Waals surface area contributed by atoms with Crippen molar-refractivity contribution in [3.63, 3.8) is 0 Å². The summed E-state index contributed by atoms with van der Waals surface area (Å²) in [7, 11) is 0. The standard InChI is InChI=1S/C21H38O4/c1-5-15-21(25-20(4)23)17-14-12-10-8-6-7-9-11-13-16-18(2)24-19(3)22/h6-7,18,21H,5,8-17H2,1-4H3/b7-6-. The van der Waals surface area contributed by atoms with E-state index >= 15 is 0 Å². The molecule has 2 atom stereocenters. The molecule has 0 heterocycles. The molecule has 2 unspecified atom stereocenters. The van der Waals surface area contributed by atoms with Crippen molar-refractivity contribution in [1.82, 2.24) is 0 Å². The van der Waals surface area contributed by atoms with Crippen LogP contribution in [0.4, 0.5) is 0 Å². The van der Waals surface area contributed by atoms with Gasteiger partial charge in [0, 0.05) is 13.8 Å². The highest BCUT2D eigenvalue weighted by Gasteiger charge is 2.10. The molecule has 0 saturated carbocycles. The van der Waals surface area contributed by atoms with Gasteiger partial charge in [-0.1, -0.05) is 31.9 Å². The smallest absolute Gasteiger partial charge is 0.302 e. The molecule has 0 saturated heterocycles. The van der Waals surface area contributed by atoms with Crippen molar-refractivity contribution < 1.29 is 19.1 Å². The van der Waals surface area contributed by atoms with E-state index in [2.05, 4.69) is 19.1 Å². The lowest BCUT2D eigenvalue weighted by Crippen LogP contribution is -2.15. The van der Waals surface area contributed by atoms with Gasteiger partial charge in [-0.15, -0.1) is 0 Å². The summed E-state index contributed by atoms with van der Waals surface area (Å²) in [6, 6.07) is 0. The Labute approximate surface area is 154 Å². The minimum atomic E-state index is -0.193. The number of unbranched alkanes of at least 4 members (excludes halogenated alkanes) is 5. The second kappa shape index (κ2) is 16.2. The van der Waals surface area contributed by atoms with Gasteiger partial charge in [-0.25, -0.2) is 0 Å². The van der Waals surface area contributed by atoms with E-state index in [1.807, 2.05) is 6.92 Å². The maximum atomic E-state index is 11.0. The van der Waals surface area contributed by atoms with Crippen LogP contribution in [0.1, 0.15) is 98.3 Å². The van der Waals surface area contributed by atoms with Gasteiger partial charge in [0.05, 0.1) is 6.10 Å². The largest absolute Gasteiger partial charge is 0.463 e. The first kappa shape index (κ1) is 23.7. The van der Waals surface area contributed by atoms with Crippen molar-refractivity contribution in [2.45, 2.75) is 111 Å². The molecule has 0 N–H and O–H groups in total. The van der Waals surface area contributed by atoms with Crippen LogP contribution in [-0.4, -0.2) is 24.1 Å². The van der Waals surface area contributed by atoms with E-state index in [4.69, 9.17) is 9.47 Å². The lowest BCUT2D eigenvalue weighted by Gasteiger charge is -2.15. The first-order chi connectivity index (χ1) is 12.0. The van der Waals surface area contributed by atoms with Crippen LogP contribution < -0.4 is 0 Å². The first-order valence-corrected chi connectivity index (χ1v) is 9.95. The number of hydrogen-bond donors (Lipinski definition) is 0. The fourth-order valence-electron chi connectivity index (χ4n) is 2.90. The van der Waals surface area contributed by atoms with Gasteiger partial charge in [0.2, 0.25) is 0 Å². The molecule has 0 aliphatic heterocycles. The first-order valence-electron chi connectivity index (χ1n) is 9.95. The van der Waals surface area contributed by atoms with E-state index in [9.17, 15) is 9.59 Å². The third-order valence-electron chi connectivity index (χ3n) is 4.11. The summed E-state index contributed by atoms with van der Waals surface area (Å²) in [5.74, 6) is -0.357. The van der Waals surface area contributed by atoms with Crippen LogP contribution in [0.15, 0.2) is 12.2 Å². The number of carbonyl (C=O) groups is 2. The van der Waals surface area contributed by atoms with Crippen LogP contribution in [0, 0.1) is 0 Å². The number of ether oxygens (including phenoxy) is 2. The molecule has 0 bridgehead atoms. The van der Waals surface area contributed by atoms with E-state index in [1.165, 1.54) is 26.7 Å². The van der Waals surface area contributed by atoms with Gasteiger partial charge in [0.25, 0.3) is 0 Å². The molecule has 0 aliphatic rings. The molecule has 0 aromatic heterocycles. The second-order valence-corrected chi connectivity index (χ2v) is 6.83. The molecule has 0 aliphatic carbocycles. The Morgan fingerprint density at radius 2 is 1.36 bits per heavy atom. The fourth-order valence-corrected chi connectivity index (χ4v) is 2.90. The monoisotopic (exact) mass is 354 g/mol. The molecule has 0 radical (unpaired) electrons. The van der Waals surface area contributed by atoms with E-state index in [0.717, 1.165) is 57.8 Å². The minimum Gasteiger partial charge on any atom is -0.463 e. The summed E-state index contributed by atoms with van der Waals surface area (Å²) in [4.78, 5) is 21.8. The Bertz CT molecular complexity index is 376. The van der Waals surface area contributed by atoms with Gasteiger partial charge >= 0.3 is 11.9 Å². The van der Waals surface area contributed by atoms with Gasteiger partial charge in [0.15, 0.2) is 0 Å². The highest BCUT2D eigenvalue weighted by Crippen LogP contribution is 2.14. The van der Waals surface area contributed by atoms with E-state index in [1.54, 1.807) is 0 Å². The van der Waals surface area contributed by atoms with Crippen LogP contribution in [0.2, 0.25) is 0 Å². The Morgan fingerprint density at radius 1 is 0.800 bits per heavy atom. The van der Waals surface area contributed by atoms with Crippen molar-refractivity contribution in [1.29, 1.82) is 0 Å². The van der Waals surface area contributed by atoms with Gasteiger partial charge < -0.3 is 9.47 Å². The van der Waals surface area contributed by atoms with Gasteiger partial charge in [-0.3, -0.25) is 9.59 Å². The van der Waals surface area contributed by atoms with E-state index < -0.39 is 0 Å². The third kappa shape index (κ3) is 17.3. The summed E-state index contributed by atoms with van der Waals surface area (Å²) >= 11 is 0. The predicted octanol–water partition coefficient (Wildman–Crippen LogP) is 5.74. The molecule has 4 heteroatoms. The van der Waals surface area contributed by atoms with Crippen LogP contribution in [0.3, 0.4) is 0 Å². The van der Waals surface area contributed by atoms with Gasteiger partial charge in [0.1, 0.15) is 6.10 Å². The normalized spacial score (nSPS) is 13.6. The minimum absolute atomic E-state index is 0.0324. The van der Waals surface area contributed by atoms with Gasteiger partial charge in [-0.2, -0.15) is 0 Å². The Balaban J connectivity index is 3.51. The molecular formula is C21H38O4. The maximum Gasteiger partial charge on any atom is 0.302 e. The average molecular weight is 355 g/mol. The fraction of sp³-hybridized carbons (Fsp3) is 0.810. The quantitative estimate of drug-likeness (QED) is 0.214. The average Bonchev–Trinajstić information content (AvgIpc) is 2.51. The van der Waals surface area contributed by atoms with Crippen molar-refractivity contribution >= 4 is 11.9 Å². The number of rotatable bonds is 15. The van der Waals surface area contributed by atoms with Gasteiger partial charge in [-0.05, 0) is 64.7 Å².